The Morgan fingerprint density at radius 3 is 2.03 bits per heavy atom. The van der Waals surface area contributed by atoms with Gasteiger partial charge in [-0.25, -0.2) is 4.79 Å². The van der Waals surface area contributed by atoms with Gasteiger partial charge in [-0.15, -0.1) is 0 Å². The van der Waals surface area contributed by atoms with Crippen molar-refractivity contribution >= 4 is 23.1 Å². The molecule has 1 fully saturated rings. The molecule has 1 aliphatic rings. The van der Waals surface area contributed by atoms with Gasteiger partial charge in [-0.1, -0.05) is 26.0 Å². The highest BCUT2D eigenvalue weighted by molar-refractivity contribution is 5.89. The van der Waals surface area contributed by atoms with Gasteiger partial charge in [0.1, 0.15) is 0 Å². The molecule has 0 radical (unpaired) electrons. The Balaban J connectivity index is 1.52. The molecule has 0 bridgehead atoms. The maximum atomic E-state index is 12.6. The number of urea groups is 1. The van der Waals surface area contributed by atoms with E-state index in [1.54, 1.807) is 0 Å². The number of benzene rings is 2. The van der Waals surface area contributed by atoms with E-state index in [-0.39, 0.29) is 6.03 Å². The van der Waals surface area contributed by atoms with Crippen molar-refractivity contribution in [3.63, 3.8) is 0 Å². The average molecular weight is 395 g/mol. The van der Waals surface area contributed by atoms with Gasteiger partial charge in [0, 0.05) is 56.3 Å². The van der Waals surface area contributed by atoms with Gasteiger partial charge in [0.25, 0.3) is 0 Å². The summed E-state index contributed by atoms with van der Waals surface area (Å²) in [5, 5.41) is 3.04. The summed E-state index contributed by atoms with van der Waals surface area (Å²) in [6, 6.07) is 16.9. The van der Waals surface area contributed by atoms with E-state index in [4.69, 9.17) is 0 Å². The van der Waals surface area contributed by atoms with Crippen LogP contribution in [0.3, 0.4) is 0 Å². The van der Waals surface area contributed by atoms with Crippen molar-refractivity contribution in [3.8, 4) is 0 Å². The van der Waals surface area contributed by atoms with Crippen LogP contribution >= 0.6 is 0 Å². The zero-order valence-electron chi connectivity index (χ0n) is 18.2. The van der Waals surface area contributed by atoms with Crippen LogP contribution in [0.15, 0.2) is 48.5 Å². The molecule has 156 valence electrons. The number of hydrogen-bond acceptors (Lipinski definition) is 3. The van der Waals surface area contributed by atoms with Gasteiger partial charge in [-0.3, -0.25) is 0 Å². The molecule has 0 saturated carbocycles. The molecule has 0 aromatic heterocycles. The minimum Gasteiger partial charge on any atom is -0.372 e. The normalized spacial score (nSPS) is 14.2. The van der Waals surface area contributed by atoms with Crippen LogP contribution in [-0.2, 0) is 0 Å². The van der Waals surface area contributed by atoms with Crippen molar-refractivity contribution in [2.75, 3.05) is 54.4 Å². The van der Waals surface area contributed by atoms with Crippen molar-refractivity contribution < 1.29 is 4.79 Å². The Morgan fingerprint density at radius 1 is 0.931 bits per heavy atom. The van der Waals surface area contributed by atoms with Crippen LogP contribution in [0, 0.1) is 0 Å². The molecule has 1 aliphatic heterocycles. The number of anilines is 3. The van der Waals surface area contributed by atoms with Gasteiger partial charge in [0.2, 0.25) is 0 Å². The third kappa shape index (κ3) is 5.22. The van der Waals surface area contributed by atoms with Crippen LogP contribution in [-0.4, -0.2) is 50.2 Å². The van der Waals surface area contributed by atoms with Gasteiger partial charge in [-0.05, 0) is 61.7 Å². The molecule has 29 heavy (non-hydrogen) atoms. The first-order valence-electron chi connectivity index (χ1n) is 10.8. The van der Waals surface area contributed by atoms with E-state index < -0.39 is 0 Å². The number of amides is 2. The Hall–Kier alpha value is -2.69. The molecular formula is C24H34N4O. The van der Waals surface area contributed by atoms with Crippen LogP contribution in [0.4, 0.5) is 21.9 Å². The molecule has 1 N–H and O–H groups in total. The van der Waals surface area contributed by atoms with Crippen molar-refractivity contribution in [3.05, 3.63) is 54.1 Å². The van der Waals surface area contributed by atoms with Gasteiger partial charge >= 0.3 is 6.03 Å². The fourth-order valence-electron chi connectivity index (χ4n) is 3.78. The minimum absolute atomic E-state index is 0.0182. The van der Waals surface area contributed by atoms with Crippen LogP contribution < -0.4 is 15.1 Å². The number of rotatable bonds is 6. The summed E-state index contributed by atoms with van der Waals surface area (Å²) in [7, 11) is 0. The molecule has 1 saturated heterocycles. The number of carbonyl (C=O) groups is 1. The number of nitrogens with one attached hydrogen (secondary N) is 1. The van der Waals surface area contributed by atoms with E-state index in [1.165, 1.54) is 16.9 Å². The second kappa shape index (κ2) is 9.68. The Bertz CT molecular complexity index is 774. The molecule has 0 aliphatic carbocycles. The summed E-state index contributed by atoms with van der Waals surface area (Å²) in [6.45, 7) is 13.9. The number of carbonyl (C=O) groups excluding carboxylic acids is 1. The molecule has 2 aromatic carbocycles. The van der Waals surface area contributed by atoms with Crippen LogP contribution in [0.1, 0.15) is 39.2 Å². The van der Waals surface area contributed by atoms with E-state index in [9.17, 15) is 4.79 Å². The number of piperazine rings is 1. The smallest absolute Gasteiger partial charge is 0.321 e. The van der Waals surface area contributed by atoms with Crippen LogP contribution in [0.25, 0.3) is 0 Å². The molecular weight excluding hydrogens is 360 g/mol. The average Bonchev–Trinajstić information content (AvgIpc) is 2.76. The molecule has 0 atom stereocenters. The highest BCUT2D eigenvalue weighted by Crippen LogP contribution is 2.22. The lowest BCUT2D eigenvalue weighted by Gasteiger charge is -2.36. The highest BCUT2D eigenvalue weighted by Gasteiger charge is 2.21. The lowest BCUT2D eigenvalue weighted by Crippen LogP contribution is -2.50. The predicted octanol–water partition coefficient (Wildman–Crippen LogP) is 5.01. The van der Waals surface area contributed by atoms with Gasteiger partial charge in [0.05, 0.1) is 0 Å². The summed E-state index contributed by atoms with van der Waals surface area (Å²) in [5.41, 5.74) is 4.63. The second-order valence-corrected chi connectivity index (χ2v) is 7.87. The largest absolute Gasteiger partial charge is 0.372 e. The zero-order valence-corrected chi connectivity index (χ0v) is 18.2. The molecule has 3 rings (SSSR count). The van der Waals surface area contributed by atoms with E-state index in [0.717, 1.165) is 45.0 Å². The topological polar surface area (TPSA) is 38.8 Å². The van der Waals surface area contributed by atoms with Crippen molar-refractivity contribution in [1.29, 1.82) is 0 Å². The maximum Gasteiger partial charge on any atom is 0.321 e. The first kappa shape index (κ1) is 21.0. The second-order valence-electron chi connectivity index (χ2n) is 7.87. The van der Waals surface area contributed by atoms with Gasteiger partial charge in [-0.2, -0.15) is 0 Å². The molecule has 5 heteroatoms. The van der Waals surface area contributed by atoms with E-state index in [0.29, 0.717) is 5.92 Å². The molecule has 0 spiro atoms. The Labute approximate surface area is 175 Å². The first-order chi connectivity index (χ1) is 14.0. The van der Waals surface area contributed by atoms with Crippen molar-refractivity contribution in [2.45, 2.75) is 33.6 Å². The number of nitrogens with zero attached hydrogens (tertiary/aromatic N) is 3. The molecule has 0 unspecified atom stereocenters. The summed E-state index contributed by atoms with van der Waals surface area (Å²) < 4.78 is 0. The first-order valence-corrected chi connectivity index (χ1v) is 10.8. The third-order valence-electron chi connectivity index (χ3n) is 5.74. The SMILES string of the molecule is CCN(CC)c1ccc(NC(=O)N2CCN(c3ccc(C(C)C)cc3)CC2)cc1. The quantitative estimate of drug-likeness (QED) is 0.748. The zero-order chi connectivity index (χ0) is 20.8. The summed E-state index contributed by atoms with van der Waals surface area (Å²) in [5.74, 6) is 0.547. The fourth-order valence-corrected chi connectivity index (χ4v) is 3.78. The molecule has 2 aromatic rings. The monoisotopic (exact) mass is 394 g/mol. The van der Waals surface area contributed by atoms with Crippen LogP contribution in [0.5, 0.6) is 0 Å². The summed E-state index contributed by atoms with van der Waals surface area (Å²) >= 11 is 0. The summed E-state index contributed by atoms with van der Waals surface area (Å²) in [4.78, 5) is 19.2. The Morgan fingerprint density at radius 2 is 1.52 bits per heavy atom. The third-order valence-corrected chi connectivity index (χ3v) is 5.74. The van der Waals surface area contributed by atoms with Gasteiger partial charge in [0.15, 0.2) is 0 Å². The molecule has 5 nitrogen and oxygen atoms in total. The lowest BCUT2D eigenvalue weighted by molar-refractivity contribution is 0.208. The molecule has 1 heterocycles. The summed E-state index contributed by atoms with van der Waals surface area (Å²) in [6.07, 6.45) is 0. The Kier molecular flexibility index (Phi) is 7.02. The van der Waals surface area contributed by atoms with E-state index in [2.05, 4.69) is 79.2 Å². The van der Waals surface area contributed by atoms with Crippen molar-refractivity contribution in [2.24, 2.45) is 0 Å². The van der Waals surface area contributed by atoms with Crippen LogP contribution in [0.2, 0.25) is 0 Å². The lowest BCUT2D eigenvalue weighted by atomic mass is 10.0. The van der Waals surface area contributed by atoms with E-state index in [1.807, 2.05) is 17.0 Å². The highest BCUT2D eigenvalue weighted by atomic mass is 16.2. The predicted molar refractivity (Wildman–Crippen MR) is 123 cm³/mol. The van der Waals surface area contributed by atoms with Crippen molar-refractivity contribution in [1.82, 2.24) is 4.90 Å². The maximum absolute atomic E-state index is 12.6. The molecule has 2 amide bonds. The van der Waals surface area contributed by atoms with E-state index >= 15 is 0 Å². The number of hydrogen-bond donors (Lipinski definition) is 1. The minimum atomic E-state index is -0.0182. The standard InChI is InChI=1S/C24H34N4O/c1-5-26(6-2)22-13-9-21(10-14-22)25-24(29)28-17-15-27(16-18-28)23-11-7-20(8-12-23)19(3)4/h7-14,19H,5-6,15-18H2,1-4H3,(H,25,29). The van der Waals surface area contributed by atoms with Gasteiger partial charge < -0.3 is 20.0 Å². The fraction of sp³-hybridized carbons (Fsp3) is 0.458.